The second kappa shape index (κ2) is 7.76. The third kappa shape index (κ3) is 3.58. The maximum absolute atomic E-state index is 12.7. The van der Waals surface area contributed by atoms with Crippen LogP contribution < -0.4 is 10.2 Å². The van der Waals surface area contributed by atoms with Gasteiger partial charge in [-0.25, -0.2) is 4.79 Å². The third-order valence-electron chi connectivity index (χ3n) is 5.24. The van der Waals surface area contributed by atoms with Gasteiger partial charge in [0, 0.05) is 35.8 Å². The highest BCUT2D eigenvalue weighted by Crippen LogP contribution is 2.27. The number of aromatic nitrogens is 1. The van der Waals surface area contributed by atoms with Gasteiger partial charge in [-0.05, 0) is 29.7 Å². The summed E-state index contributed by atoms with van der Waals surface area (Å²) < 4.78 is 4.92. The lowest BCUT2D eigenvalue weighted by molar-refractivity contribution is -0.144. The van der Waals surface area contributed by atoms with Crippen LogP contribution in [0, 0.1) is 0 Å². The van der Waals surface area contributed by atoms with Crippen molar-refractivity contribution in [3.05, 3.63) is 65.9 Å². The number of carbonyl (C=O) groups excluding carboxylic acids is 2. The summed E-state index contributed by atoms with van der Waals surface area (Å²) in [5.41, 5.74) is 4.31. The zero-order valence-corrected chi connectivity index (χ0v) is 15.8. The van der Waals surface area contributed by atoms with Gasteiger partial charge in [-0.15, -0.1) is 0 Å². The highest BCUT2D eigenvalue weighted by atomic mass is 16.5. The van der Waals surface area contributed by atoms with E-state index in [0.29, 0.717) is 6.42 Å². The van der Waals surface area contributed by atoms with Crippen LogP contribution in [0.25, 0.3) is 10.9 Å². The molecule has 0 fully saturated rings. The normalized spacial score (nSPS) is 14.0. The predicted octanol–water partition coefficient (Wildman–Crippen LogP) is 2.43. The molecule has 0 saturated carbocycles. The van der Waals surface area contributed by atoms with Gasteiger partial charge in [0.2, 0.25) is 5.91 Å². The molecular weight excluding hydrogens is 354 g/mol. The number of benzene rings is 2. The Bertz CT molecular complexity index is 1010. The van der Waals surface area contributed by atoms with Crippen LogP contribution in [0.3, 0.4) is 0 Å². The number of nitrogens with zero attached hydrogens (tertiary/aromatic N) is 1. The lowest BCUT2D eigenvalue weighted by Gasteiger charge is -2.21. The van der Waals surface area contributed by atoms with Crippen LogP contribution in [0.4, 0.5) is 5.69 Å². The van der Waals surface area contributed by atoms with Gasteiger partial charge in [0.15, 0.2) is 0 Å². The van der Waals surface area contributed by atoms with E-state index in [-0.39, 0.29) is 12.5 Å². The molecule has 1 aromatic heterocycles. The number of fused-ring (bicyclic) bond motifs is 2. The molecular formula is C22H23N3O3. The number of methoxy groups -OCH3 is 1. The number of ether oxygens (including phenoxy) is 1. The number of H-pyrrole nitrogens is 1. The first-order chi connectivity index (χ1) is 13.7. The molecule has 6 heteroatoms. The molecule has 1 atom stereocenters. The first-order valence-electron chi connectivity index (χ1n) is 9.40. The van der Waals surface area contributed by atoms with Crippen molar-refractivity contribution in [1.82, 2.24) is 10.3 Å². The summed E-state index contributed by atoms with van der Waals surface area (Å²) in [5, 5.41) is 3.90. The molecule has 1 amide bonds. The van der Waals surface area contributed by atoms with Gasteiger partial charge in [-0.1, -0.05) is 36.4 Å². The maximum atomic E-state index is 12.7. The first kappa shape index (κ1) is 18.1. The number of rotatable bonds is 6. The topological polar surface area (TPSA) is 74.4 Å². The van der Waals surface area contributed by atoms with Gasteiger partial charge in [0.05, 0.1) is 13.7 Å². The van der Waals surface area contributed by atoms with E-state index in [1.807, 2.05) is 53.6 Å². The van der Waals surface area contributed by atoms with E-state index in [2.05, 4.69) is 16.4 Å². The molecule has 0 aliphatic carbocycles. The summed E-state index contributed by atoms with van der Waals surface area (Å²) >= 11 is 0. The quantitative estimate of drug-likeness (QED) is 0.647. The molecule has 144 valence electrons. The molecule has 0 radical (unpaired) electrons. The Kier molecular flexibility index (Phi) is 5.02. The molecule has 1 aliphatic heterocycles. The summed E-state index contributed by atoms with van der Waals surface area (Å²) in [5.74, 6) is -0.632. The monoisotopic (exact) mass is 377 g/mol. The van der Waals surface area contributed by atoms with Gasteiger partial charge < -0.3 is 19.9 Å². The molecule has 3 aromatic rings. The Morgan fingerprint density at radius 1 is 1.18 bits per heavy atom. The van der Waals surface area contributed by atoms with E-state index < -0.39 is 12.0 Å². The Morgan fingerprint density at radius 2 is 1.96 bits per heavy atom. The maximum Gasteiger partial charge on any atom is 0.328 e. The molecule has 28 heavy (non-hydrogen) atoms. The highest BCUT2D eigenvalue weighted by Gasteiger charge is 2.26. The standard InChI is InChI=1S/C22H23N3O3/c1-28-22(27)19(12-16-13-23-18-8-4-3-7-17(16)18)24-21(26)14-25-11-10-15-6-2-5-9-20(15)25/h2-9,13,19,23H,10-12,14H2,1H3,(H,24,26)/t19-/m1/s1. The van der Waals surface area contributed by atoms with Crippen LogP contribution in [0.5, 0.6) is 0 Å². The van der Waals surface area contributed by atoms with E-state index in [4.69, 9.17) is 4.74 Å². The number of anilines is 1. The van der Waals surface area contributed by atoms with Gasteiger partial charge in [0.25, 0.3) is 0 Å². The number of para-hydroxylation sites is 2. The van der Waals surface area contributed by atoms with Crippen molar-refractivity contribution in [2.45, 2.75) is 18.9 Å². The van der Waals surface area contributed by atoms with Crippen LogP contribution >= 0.6 is 0 Å². The third-order valence-corrected chi connectivity index (χ3v) is 5.24. The van der Waals surface area contributed by atoms with Crippen molar-refractivity contribution in [2.75, 3.05) is 25.1 Å². The summed E-state index contributed by atoms with van der Waals surface area (Å²) in [6.07, 6.45) is 3.18. The molecule has 2 aromatic carbocycles. The zero-order valence-electron chi connectivity index (χ0n) is 15.8. The number of amides is 1. The van der Waals surface area contributed by atoms with Crippen molar-refractivity contribution in [2.24, 2.45) is 0 Å². The fourth-order valence-corrected chi connectivity index (χ4v) is 3.84. The number of esters is 1. The van der Waals surface area contributed by atoms with Crippen LogP contribution in [0.15, 0.2) is 54.7 Å². The SMILES string of the molecule is COC(=O)[C@@H](Cc1c[nH]c2ccccc12)NC(=O)CN1CCc2ccccc21. The van der Waals surface area contributed by atoms with E-state index >= 15 is 0 Å². The van der Waals surface area contributed by atoms with Gasteiger partial charge in [-0.2, -0.15) is 0 Å². The lowest BCUT2D eigenvalue weighted by atomic mass is 10.0. The summed E-state index contributed by atoms with van der Waals surface area (Å²) in [7, 11) is 1.34. The van der Waals surface area contributed by atoms with E-state index in [1.165, 1.54) is 12.7 Å². The molecule has 2 N–H and O–H groups in total. The minimum Gasteiger partial charge on any atom is -0.467 e. The lowest BCUT2D eigenvalue weighted by Crippen LogP contribution is -2.47. The summed E-state index contributed by atoms with van der Waals surface area (Å²) in [6.45, 7) is 1.02. The van der Waals surface area contributed by atoms with E-state index in [1.54, 1.807) is 0 Å². The van der Waals surface area contributed by atoms with Gasteiger partial charge in [-0.3, -0.25) is 4.79 Å². The molecule has 2 heterocycles. The zero-order chi connectivity index (χ0) is 19.5. The van der Waals surface area contributed by atoms with Crippen molar-refractivity contribution >= 4 is 28.5 Å². The molecule has 0 unspecified atom stereocenters. The van der Waals surface area contributed by atoms with Crippen LogP contribution in [0.1, 0.15) is 11.1 Å². The molecule has 1 aliphatic rings. The number of nitrogens with one attached hydrogen (secondary N) is 2. The minimum absolute atomic E-state index is 0.188. The average molecular weight is 377 g/mol. The second-order valence-corrected chi connectivity index (χ2v) is 7.01. The number of hydrogen-bond acceptors (Lipinski definition) is 4. The summed E-state index contributed by atoms with van der Waals surface area (Å²) in [6, 6.07) is 15.3. The van der Waals surface area contributed by atoms with E-state index in [9.17, 15) is 9.59 Å². The second-order valence-electron chi connectivity index (χ2n) is 7.01. The van der Waals surface area contributed by atoms with Crippen molar-refractivity contribution in [3.63, 3.8) is 0 Å². The fraction of sp³-hybridized carbons (Fsp3) is 0.273. The van der Waals surface area contributed by atoms with Crippen molar-refractivity contribution in [1.29, 1.82) is 0 Å². The Balaban J connectivity index is 1.46. The molecule has 6 nitrogen and oxygen atoms in total. The summed E-state index contributed by atoms with van der Waals surface area (Å²) in [4.78, 5) is 30.2. The predicted molar refractivity (Wildman–Crippen MR) is 108 cm³/mol. The van der Waals surface area contributed by atoms with Crippen molar-refractivity contribution < 1.29 is 14.3 Å². The molecule has 0 bridgehead atoms. The molecule has 0 saturated heterocycles. The van der Waals surface area contributed by atoms with E-state index in [0.717, 1.165) is 35.1 Å². The smallest absolute Gasteiger partial charge is 0.328 e. The Morgan fingerprint density at radius 3 is 2.82 bits per heavy atom. The van der Waals surface area contributed by atoms with Gasteiger partial charge in [0.1, 0.15) is 6.04 Å². The van der Waals surface area contributed by atoms with Gasteiger partial charge >= 0.3 is 5.97 Å². The van der Waals surface area contributed by atoms with Crippen LogP contribution in [0.2, 0.25) is 0 Å². The fourth-order valence-electron chi connectivity index (χ4n) is 3.84. The number of carbonyl (C=O) groups is 2. The first-order valence-corrected chi connectivity index (χ1v) is 9.40. The molecule has 4 rings (SSSR count). The Labute approximate surface area is 163 Å². The molecule has 0 spiro atoms. The van der Waals surface area contributed by atoms with Crippen LogP contribution in [-0.4, -0.2) is 43.1 Å². The Hall–Kier alpha value is -3.28. The number of aromatic amines is 1. The van der Waals surface area contributed by atoms with Crippen LogP contribution in [-0.2, 0) is 27.2 Å². The average Bonchev–Trinajstić information content (AvgIpc) is 3.31. The highest BCUT2D eigenvalue weighted by molar-refractivity contribution is 5.89. The minimum atomic E-state index is -0.727. The number of hydrogen-bond donors (Lipinski definition) is 2. The largest absolute Gasteiger partial charge is 0.467 e. The van der Waals surface area contributed by atoms with Crippen molar-refractivity contribution in [3.8, 4) is 0 Å².